The van der Waals surface area contributed by atoms with Crippen LogP contribution in [-0.4, -0.2) is 50.4 Å². The Morgan fingerprint density at radius 1 is 1.19 bits per heavy atom. The van der Waals surface area contributed by atoms with E-state index in [2.05, 4.69) is 0 Å². The van der Waals surface area contributed by atoms with Gasteiger partial charge in [-0.25, -0.2) is 0 Å². The highest BCUT2D eigenvalue weighted by Crippen LogP contribution is 2.20. The zero-order valence-corrected chi connectivity index (χ0v) is 14.5. The summed E-state index contributed by atoms with van der Waals surface area (Å²) in [6.07, 6.45) is 0.767. The number of methoxy groups -OCH3 is 2. The van der Waals surface area contributed by atoms with Gasteiger partial charge in [0.2, 0.25) is 0 Å². The van der Waals surface area contributed by atoms with Crippen molar-refractivity contribution in [3.05, 3.63) is 0 Å². The van der Waals surface area contributed by atoms with Crippen LogP contribution in [0.3, 0.4) is 0 Å². The molecule has 0 aromatic carbocycles. The molecule has 0 rings (SSSR count). The van der Waals surface area contributed by atoms with Gasteiger partial charge >= 0.3 is 0 Å². The van der Waals surface area contributed by atoms with Crippen molar-refractivity contribution in [1.82, 2.24) is 0 Å². The maximum atomic E-state index is 12.4. The maximum Gasteiger partial charge on any atom is 0.185 e. The first kappa shape index (κ1) is 20.6. The van der Waals surface area contributed by atoms with Gasteiger partial charge in [0, 0.05) is 39.9 Å². The molecule has 6 heteroatoms. The van der Waals surface area contributed by atoms with Crippen LogP contribution in [0, 0.1) is 11.8 Å². The van der Waals surface area contributed by atoms with Crippen molar-refractivity contribution in [3.8, 4) is 0 Å². The Balaban J connectivity index is 4.62. The predicted octanol–water partition coefficient (Wildman–Crippen LogP) is 2.52. The fourth-order valence-corrected chi connectivity index (χ4v) is 2.68. The zero-order chi connectivity index (χ0) is 16.3. The van der Waals surface area contributed by atoms with E-state index < -0.39 is 6.10 Å². The number of carbonyl (C=O) groups is 2. The highest BCUT2D eigenvalue weighted by Gasteiger charge is 2.28. The van der Waals surface area contributed by atoms with Crippen LogP contribution in [0.25, 0.3) is 0 Å². The van der Waals surface area contributed by atoms with Crippen LogP contribution in [0.15, 0.2) is 0 Å². The number of rotatable bonds is 12. The van der Waals surface area contributed by atoms with Crippen LogP contribution in [0.4, 0.5) is 0 Å². The molecule has 0 N–H and O–H groups in total. The molecule has 0 radical (unpaired) electrons. The molecule has 0 spiro atoms. The van der Waals surface area contributed by atoms with Crippen molar-refractivity contribution < 1.29 is 23.8 Å². The van der Waals surface area contributed by atoms with Crippen molar-refractivity contribution >= 4 is 22.7 Å². The lowest BCUT2D eigenvalue weighted by Crippen LogP contribution is -2.35. The van der Waals surface area contributed by atoms with Crippen LogP contribution in [0.2, 0.25) is 0 Å². The summed E-state index contributed by atoms with van der Waals surface area (Å²) in [4.78, 5) is 23.5. The second-order valence-corrected chi connectivity index (χ2v) is 6.37. The van der Waals surface area contributed by atoms with Gasteiger partial charge in [0.25, 0.3) is 0 Å². The van der Waals surface area contributed by atoms with E-state index in [-0.39, 0.29) is 29.5 Å². The number of thioether (sulfide) groups is 1. The van der Waals surface area contributed by atoms with E-state index >= 15 is 0 Å². The molecule has 0 aromatic rings. The predicted molar refractivity (Wildman–Crippen MR) is 84.3 cm³/mol. The van der Waals surface area contributed by atoms with Crippen LogP contribution in [-0.2, 0) is 23.8 Å². The molecule has 21 heavy (non-hydrogen) atoms. The van der Waals surface area contributed by atoms with E-state index in [1.165, 1.54) is 25.8 Å². The zero-order valence-electron chi connectivity index (χ0n) is 13.7. The second-order valence-electron chi connectivity index (χ2n) is 5.17. The van der Waals surface area contributed by atoms with Gasteiger partial charge in [-0.1, -0.05) is 32.0 Å². The molecular formula is C15H28O5S. The highest BCUT2D eigenvalue weighted by molar-refractivity contribution is 8.13. The van der Waals surface area contributed by atoms with Crippen LogP contribution in [0.5, 0.6) is 0 Å². The summed E-state index contributed by atoms with van der Waals surface area (Å²) in [6.45, 7) is 6.13. The standard InChI is InChI=1S/C15H28O5S/c1-6-13(8-18-4)7-14(17)15(20-10-19-5)11(2)9-21-12(3)16/h11,13,15H,6-10H2,1-5H3/t11-,13?,15-/m1/s1. The van der Waals surface area contributed by atoms with Crippen LogP contribution >= 0.6 is 11.8 Å². The topological polar surface area (TPSA) is 61.8 Å². The summed E-state index contributed by atoms with van der Waals surface area (Å²) < 4.78 is 15.6. The molecule has 0 saturated carbocycles. The molecule has 124 valence electrons. The van der Waals surface area contributed by atoms with Gasteiger partial charge in [-0.2, -0.15) is 0 Å². The third-order valence-corrected chi connectivity index (χ3v) is 4.32. The van der Waals surface area contributed by atoms with E-state index in [1.807, 2.05) is 13.8 Å². The Bertz CT molecular complexity index is 308. The molecule has 0 heterocycles. The molecule has 0 amide bonds. The van der Waals surface area contributed by atoms with Crippen LogP contribution < -0.4 is 0 Å². The minimum atomic E-state index is -0.539. The smallest absolute Gasteiger partial charge is 0.185 e. The first-order valence-electron chi connectivity index (χ1n) is 7.21. The average Bonchev–Trinajstić information content (AvgIpc) is 2.44. The molecule has 0 bridgehead atoms. The summed E-state index contributed by atoms with van der Waals surface area (Å²) in [5, 5.41) is 0.0469. The highest BCUT2D eigenvalue weighted by atomic mass is 32.2. The lowest BCUT2D eigenvalue weighted by molar-refractivity contribution is -0.145. The van der Waals surface area contributed by atoms with Gasteiger partial charge in [-0.3, -0.25) is 9.59 Å². The molecule has 3 atom stereocenters. The van der Waals surface area contributed by atoms with Gasteiger partial charge in [-0.05, 0) is 11.8 Å². The van der Waals surface area contributed by atoms with E-state index in [9.17, 15) is 9.59 Å². The number of ketones is 1. The normalized spacial score (nSPS) is 15.5. The summed E-state index contributed by atoms with van der Waals surface area (Å²) in [5.41, 5.74) is 0. The van der Waals surface area contributed by atoms with E-state index in [4.69, 9.17) is 14.2 Å². The van der Waals surface area contributed by atoms with Gasteiger partial charge < -0.3 is 14.2 Å². The minimum absolute atomic E-state index is 0.0402. The van der Waals surface area contributed by atoms with Gasteiger partial charge in [0.15, 0.2) is 10.9 Å². The Kier molecular flexibility index (Phi) is 11.9. The summed E-state index contributed by atoms with van der Waals surface area (Å²) >= 11 is 1.22. The third-order valence-electron chi connectivity index (χ3n) is 3.22. The molecule has 5 nitrogen and oxygen atoms in total. The van der Waals surface area contributed by atoms with E-state index in [0.29, 0.717) is 18.8 Å². The van der Waals surface area contributed by atoms with Crippen molar-refractivity contribution in [3.63, 3.8) is 0 Å². The number of carbonyl (C=O) groups excluding carboxylic acids is 2. The molecule has 1 unspecified atom stereocenters. The molecule has 0 aliphatic heterocycles. The summed E-state index contributed by atoms with van der Waals surface area (Å²) in [6, 6.07) is 0. The van der Waals surface area contributed by atoms with Crippen LogP contribution in [0.1, 0.15) is 33.6 Å². The fourth-order valence-electron chi connectivity index (χ4n) is 2.01. The first-order valence-corrected chi connectivity index (χ1v) is 8.20. The molecule has 0 aliphatic rings. The fraction of sp³-hybridized carbons (Fsp3) is 0.867. The molecule has 0 aliphatic carbocycles. The Morgan fingerprint density at radius 2 is 1.86 bits per heavy atom. The van der Waals surface area contributed by atoms with Gasteiger partial charge in [-0.15, -0.1) is 0 Å². The van der Waals surface area contributed by atoms with E-state index in [1.54, 1.807) is 7.11 Å². The number of Topliss-reactive ketones (excluding diaryl/α,β-unsaturated/α-hetero) is 1. The monoisotopic (exact) mass is 320 g/mol. The minimum Gasteiger partial charge on any atom is -0.384 e. The first-order chi connectivity index (χ1) is 9.96. The maximum absolute atomic E-state index is 12.4. The Labute approximate surface area is 132 Å². The average molecular weight is 320 g/mol. The van der Waals surface area contributed by atoms with Crippen molar-refractivity contribution in [2.45, 2.75) is 39.7 Å². The lowest BCUT2D eigenvalue weighted by Gasteiger charge is -2.24. The molecule has 0 saturated heterocycles. The lowest BCUT2D eigenvalue weighted by atomic mass is 9.93. The molecular weight excluding hydrogens is 292 g/mol. The van der Waals surface area contributed by atoms with E-state index in [0.717, 1.165) is 6.42 Å². The van der Waals surface area contributed by atoms with Crippen molar-refractivity contribution in [2.75, 3.05) is 33.4 Å². The van der Waals surface area contributed by atoms with Gasteiger partial charge in [0.05, 0.1) is 0 Å². The Hall–Kier alpha value is -0.430. The molecule has 0 fully saturated rings. The van der Waals surface area contributed by atoms with Crippen molar-refractivity contribution in [2.24, 2.45) is 11.8 Å². The Morgan fingerprint density at radius 3 is 2.33 bits per heavy atom. The third kappa shape index (κ3) is 9.24. The summed E-state index contributed by atoms with van der Waals surface area (Å²) in [7, 11) is 3.16. The van der Waals surface area contributed by atoms with Crippen molar-refractivity contribution in [1.29, 1.82) is 0 Å². The summed E-state index contributed by atoms with van der Waals surface area (Å²) in [5.74, 6) is 0.772. The SMILES string of the molecule is CCC(COC)CC(=O)[C@H](OCOC)[C@H](C)CSC(C)=O. The number of ether oxygens (including phenoxy) is 3. The number of hydrogen-bond acceptors (Lipinski definition) is 6. The quantitative estimate of drug-likeness (QED) is 0.515. The van der Waals surface area contributed by atoms with Gasteiger partial charge in [0.1, 0.15) is 12.9 Å². The second kappa shape index (κ2) is 12.1. The number of hydrogen-bond donors (Lipinski definition) is 0. The molecule has 0 aromatic heterocycles. The largest absolute Gasteiger partial charge is 0.384 e.